The lowest BCUT2D eigenvalue weighted by atomic mass is 10.1. The molecular weight excluding hydrogens is 470 g/mol. The van der Waals surface area contributed by atoms with E-state index in [1.807, 2.05) is 30.3 Å². The standard InChI is InChI=1S/C22H24ClN3O6S/c1-25(14-15-6-4-3-5-7-15)33(30,31)16-8-9-18(23)17(12-16)22(29)26-11-10-24-21(28)19(26)13-20(27)32-2/h3-9,12,19H,10-11,13-14H2,1-2H3,(H,24,28)/t19-/m1/s1. The summed E-state index contributed by atoms with van der Waals surface area (Å²) in [7, 11) is -1.31. The van der Waals surface area contributed by atoms with E-state index in [4.69, 9.17) is 11.6 Å². The van der Waals surface area contributed by atoms with Crippen molar-refractivity contribution >= 4 is 39.4 Å². The number of halogens is 1. The molecule has 0 aromatic heterocycles. The van der Waals surface area contributed by atoms with Gasteiger partial charge in [-0.15, -0.1) is 0 Å². The molecule has 2 amide bonds. The number of benzene rings is 2. The summed E-state index contributed by atoms with van der Waals surface area (Å²) in [5, 5.41) is 2.64. The third-order valence-electron chi connectivity index (χ3n) is 5.30. The van der Waals surface area contributed by atoms with Gasteiger partial charge in [-0.2, -0.15) is 4.31 Å². The molecule has 1 N–H and O–H groups in total. The Labute approximate surface area is 197 Å². The Morgan fingerprint density at radius 2 is 1.91 bits per heavy atom. The van der Waals surface area contributed by atoms with Crippen LogP contribution in [0.25, 0.3) is 0 Å². The van der Waals surface area contributed by atoms with Crippen LogP contribution in [0.1, 0.15) is 22.3 Å². The van der Waals surface area contributed by atoms with Crippen LogP contribution in [0, 0.1) is 0 Å². The van der Waals surface area contributed by atoms with Crippen molar-refractivity contribution < 1.29 is 27.5 Å². The number of hydrogen-bond donors (Lipinski definition) is 1. The van der Waals surface area contributed by atoms with Crippen LogP contribution in [0.3, 0.4) is 0 Å². The summed E-state index contributed by atoms with van der Waals surface area (Å²) in [5.74, 6) is -1.80. The monoisotopic (exact) mass is 493 g/mol. The summed E-state index contributed by atoms with van der Waals surface area (Å²) >= 11 is 6.24. The molecule has 1 aliphatic heterocycles. The maximum atomic E-state index is 13.3. The van der Waals surface area contributed by atoms with Crippen LogP contribution in [0.2, 0.25) is 5.02 Å². The normalized spacial score (nSPS) is 16.4. The summed E-state index contributed by atoms with van der Waals surface area (Å²) in [6.45, 7) is 0.466. The second-order valence-corrected chi connectivity index (χ2v) is 9.93. The van der Waals surface area contributed by atoms with E-state index in [-0.39, 0.29) is 41.5 Å². The lowest BCUT2D eigenvalue weighted by Gasteiger charge is -2.34. The van der Waals surface area contributed by atoms with Crippen molar-refractivity contribution in [2.45, 2.75) is 23.9 Å². The fourth-order valence-electron chi connectivity index (χ4n) is 3.49. The molecule has 0 aliphatic carbocycles. The minimum absolute atomic E-state index is 0.0347. The summed E-state index contributed by atoms with van der Waals surface area (Å²) < 4.78 is 32.1. The quantitative estimate of drug-likeness (QED) is 0.587. The number of carbonyl (C=O) groups is 3. The number of esters is 1. The van der Waals surface area contributed by atoms with Crippen molar-refractivity contribution in [2.24, 2.45) is 0 Å². The largest absolute Gasteiger partial charge is 0.469 e. The van der Waals surface area contributed by atoms with Crippen LogP contribution in [-0.2, 0) is 30.9 Å². The van der Waals surface area contributed by atoms with Crippen LogP contribution in [0.4, 0.5) is 0 Å². The summed E-state index contributed by atoms with van der Waals surface area (Å²) in [5.41, 5.74) is 0.731. The van der Waals surface area contributed by atoms with E-state index < -0.39 is 33.8 Å². The van der Waals surface area contributed by atoms with E-state index in [1.54, 1.807) is 0 Å². The predicted octanol–water partition coefficient (Wildman–Crippen LogP) is 1.66. The van der Waals surface area contributed by atoms with Crippen LogP contribution < -0.4 is 5.32 Å². The van der Waals surface area contributed by atoms with Crippen molar-refractivity contribution in [3.63, 3.8) is 0 Å². The Morgan fingerprint density at radius 1 is 1.21 bits per heavy atom. The van der Waals surface area contributed by atoms with E-state index in [2.05, 4.69) is 10.1 Å². The van der Waals surface area contributed by atoms with Crippen LogP contribution >= 0.6 is 11.6 Å². The molecule has 9 nitrogen and oxygen atoms in total. The van der Waals surface area contributed by atoms with Gasteiger partial charge in [0.05, 0.1) is 29.0 Å². The molecule has 3 rings (SSSR count). The molecule has 0 radical (unpaired) electrons. The fourth-order valence-corrected chi connectivity index (χ4v) is 4.87. The van der Waals surface area contributed by atoms with Gasteiger partial charge in [-0.05, 0) is 23.8 Å². The van der Waals surface area contributed by atoms with Gasteiger partial charge in [0.2, 0.25) is 15.9 Å². The number of nitrogens with one attached hydrogen (secondary N) is 1. The van der Waals surface area contributed by atoms with Crippen molar-refractivity contribution in [1.29, 1.82) is 0 Å². The molecule has 0 unspecified atom stereocenters. The van der Waals surface area contributed by atoms with Crippen molar-refractivity contribution in [3.05, 3.63) is 64.7 Å². The zero-order valence-corrected chi connectivity index (χ0v) is 19.7. The Balaban J connectivity index is 1.90. The minimum atomic E-state index is -3.94. The smallest absolute Gasteiger partial charge is 0.308 e. The highest BCUT2D eigenvalue weighted by Gasteiger charge is 2.36. The lowest BCUT2D eigenvalue weighted by Crippen LogP contribution is -2.57. The third-order valence-corrected chi connectivity index (χ3v) is 7.43. The van der Waals surface area contributed by atoms with Crippen LogP contribution in [-0.4, -0.2) is 68.7 Å². The van der Waals surface area contributed by atoms with Gasteiger partial charge in [-0.3, -0.25) is 14.4 Å². The van der Waals surface area contributed by atoms with Gasteiger partial charge in [-0.1, -0.05) is 41.9 Å². The number of carbonyl (C=O) groups excluding carboxylic acids is 3. The van der Waals surface area contributed by atoms with E-state index in [1.165, 1.54) is 41.6 Å². The summed E-state index contributed by atoms with van der Waals surface area (Å²) in [6.07, 6.45) is -0.330. The van der Waals surface area contributed by atoms with Gasteiger partial charge < -0.3 is 15.0 Å². The number of piperazine rings is 1. The number of ether oxygens (including phenoxy) is 1. The number of sulfonamides is 1. The first-order valence-electron chi connectivity index (χ1n) is 10.1. The summed E-state index contributed by atoms with van der Waals surface area (Å²) in [6, 6.07) is 11.9. The molecule has 176 valence electrons. The molecule has 2 aromatic rings. The van der Waals surface area contributed by atoms with Gasteiger partial charge in [0.25, 0.3) is 5.91 Å². The second-order valence-electron chi connectivity index (χ2n) is 7.47. The molecule has 1 atom stereocenters. The Hall–Kier alpha value is -2.95. The van der Waals surface area contributed by atoms with Gasteiger partial charge >= 0.3 is 5.97 Å². The molecule has 33 heavy (non-hydrogen) atoms. The molecule has 1 heterocycles. The van der Waals surface area contributed by atoms with Crippen molar-refractivity contribution in [2.75, 3.05) is 27.2 Å². The number of rotatable bonds is 7. The number of amides is 2. The second kappa shape index (κ2) is 10.3. The SMILES string of the molecule is COC(=O)C[C@@H]1C(=O)NCCN1C(=O)c1cc(S(=O)(=O)N(C)Cc2ccccc2)ccc1Cl. The van der Waals surface area contributed by atoms with Crippen molar-refractivity contribution in [3.8, 4) is 0 Å². The Morgan fingerprint density at radius 3 is 2.58 bits per heavy atom. The first-order valence-corrected chi connectivity index (χ1v) is 11.9. The predicted molar refractivity (Wildman–Crippen MR) is 121 cm³/mol. The highest BCUT2D eigenvalue weighted by molar-refractivity contribution is 7.89. The zero-order valence-electron chi connectivity index (χ0n) is 18.2. The lowest BCUT2D eigenvalue weighted by molar-refractivity contribution is -0.145. The van der Waals surface area contributed by atoms with Gasteiger partial charge in [-0.25, -0.2) is 8.42 Å². The van der Waals surface area contributed by atoms with Crippen LogP contribution in [0.5, 0.6) is 0 Å². The fraction of sp³-hybridized carbons (Fsp3) is 0.318. The molecule has 1 fully saturated rings. The molecule has 11 heteroatoms. The molecule has 0 bridgehead atoms. The molecule has 0 spiro atoms. The average molecular weight is 494 g/mol. The highest BCUT2D eigenvalue weighted by atomic mass is 35.5. The Bertz CT molecular complexity index is 1160. The first-order chi connectivity index (χ1) is 15.6. The van der Waals surface area contributed by atoms with Crippen LogP contribution in [0.15, 0.2) is 53.4 Å². The first kappa shape index (κ1) is 24.7. The van der Waals surface area contributed by atoms with Crippen molar-refractivity contribution in [1.82, 2.24) is 14.5 Å². The Kier molecular flexibility index (Phi) is 7.72. The third kappa shape index (κ3) is 5.52. The van der Waals surface area contributed by atoms with E-state index in [9.17, 15) is 22.8 Å². The number of hydrogen-bond acceptors (Lipinski definition) is 6. The van der Waals surface area contributed by atoms with Gasteiger partial charge in [0.1, 0.15) is 6.04 Å². The maximum Gasteiger partial charge on any atom is 0.308 e. The topological polar surface area (TPSA) is 113 Å². The van der Waals surface area contributed by atoms with E-state index >= 15 is 0 Å². The number of methoxy groups -OCH3 is 1. The molecule has 2 aromatic carbocycles. The van der Waals surface area contributed by atoms with Gasteiger partial charge in [0.15, 0.2) is 0 Å². The maximum absolute atomic E-state index is 13.3. The number of nitrogens with zero attached hydrogens (tertiary/aromatic N) is 2. The van der Waals surface area contributed by atoms with Gasteiger partial charge in [0, 0.05) is 26.7 Å². The molecule has 1 saturated heterocycles. The van der Waals surface area contributed by atoms with E-state index in [0.29, 0.717) is 0 Å². The molecule has 1 aliphatic rings. The average Bonchev–Trinajstić information content (AvgIpc) is 2.80. The zero-order chi connectivity index (χ0) is 24.2. The molecule has 0 saturated carbocycles. The minimum Gasteiger partial charge on any atom is -0.469 e. The highest BCUT2D eigenvalue weighted by Crippen LogP contribution is 2.26. The van der Waals surface area contributed by atoms with E-state index in [0.717, 1.165) is 5.56 Å². The summed E-state index contributed by atoms with van der Waals surface area (Å²) in [4.78, 5) is 38.5. The molecular formula is C22H24ClN3O6S.